The predicted octanol–water partition coefficient (Wildman–Crippen LogP) is 1.49. The van der Waals surface area contributed by atoms with Crippen LogP contribution in [0.1, 0.15) is 24.6 Å². The maximum Gasteiger partial charge on any atom is 0.236 e. The van der Waals surface area contributed by atoms with Crippen molar-refractivity contribution in [3.63, 3.8) is 0 Å². The van der Waals surface area contributed by atoms with Crippen LogP contribution < -0.4 is 0 Å². The summed E-state index contributed by atoms with van der Waals surface area (Å²) in [6.45, 7) is 1.40. The van der Waals surface area contributed by atoms with Crippen LogP contribution in [0.2, 0.25) is 0 Å². The number of carbonyl (C=O) groups excluding carboxylic acids is 1. The highest BCUT2D eigenvalue weighted by atomic mass is 16.2. The minimum Gasteiger partial charge on any atom is -0.348 e. The Kier molecular flexibility index (Phi) is 4.20. The molecule has 0 bridgehead atoms. The van der Waals surface area contributed by atoms with Gasteiger partial charge in [-0.1, -0.05) is 6.07 Å². The quantitative estimate of drug-likeness (QED) is 0.858. The Morgan fingerprint density at radius 1 is 1.41 bits per heavy atom. The van der Waals surface area contributed by atoms with E-state index in [0.29, 0.717) is 6.54 Å². The SMILES string of the molecule is CN(C)C(=O)CN1CCC[C@H]1c1cccc(-n2ccnc2)n1. The number of carbonyl (C=O) groups is 1. The van der Waals surface area contributed by atoms with Crippen molar-refractivity contribution in [2.24, 2.45) is 0 Å². The molecule has 3 rings (SSSR count). The summed E-state index contributed by atoms with van der Waals surface area (Å²) < 4.78 is 1.90. The average Bonchev–Trinajstić information content (AvgIpc) is 3.18. The van der Waals surface area contributed by atoms with Gasteiger partial charge in [0.05, 0.1) is 18.3 Å². The molecule has 2 aromatic heterocycles. The van der Waals surface area contributed by atoms with E-state index in [1.54, 1.807) is 31.5 Å². The monoisotopic (exact) mass is 299 g/mol. The van der Waals surface area contributed by atoms with Crippen molar-refractivity contribution < 1.29 is 4.79 Å². The number of hydrogen-bond acceptors (Lipinski definition) is 4. The number of nitrogens with zero attached hydrogens (tertiary/aromatic N) is 5. The summed E-state index contributed by atoms with van der Waals surface area (Å²) in [5, 5.41) is 0. The second kappa shape index (κ2) is 6.27. The zero-order chi connectivity index (χ0) is 15.5. The zero-order valence-electron chi connectivity index (χ0n) is 13.0. The smallest absolute Gasteiger partial charge is 0.236 e. The van der Waals surface area contributed by atoms with Gasteiger partial charge in [-0.3, -0.25) is 14.3 Å². The number of imidazole rings is 1. The Morgan fingerprint density at radius 3 is 3.00 bits per heavy atom. The number of amides is 1. The zero-order valence-corrected chi connectivity index (χ0v) is 13.0. The number of hydrogen-bond donors (Lipinski definition) is 0. The van der Waals surface area contributed by atoms with Crippen molar-refractivity contribution in [1.82, 2.24) is 24.3 Å². The Labute approximate surface area is 130 Å². The van der Waals surface area contributed by atoms with E-state index in [9.17, 15) is 4.79 Å². The third kappa shape index (κ3) is 3.01. The van der Waals surface area contributed by atoms with Crippen molar-refractivity contribution in [3.05, 3.63) is 42.6 Å². The minimum atomic E-state index is 0.137. The molecular weight excluding hydrogens is 278 g/mol. The number of likely N-dealkylation sites (tertiary alicyclic amines) is 1. The van der Waals surface area contributed by atoms with E-state index in [0.717, 1.165) is 30.9 Å². The Balaban J connectivity index is 1.80. The molecule has 0 saturated carbocycles. The van der Waals surface area contributed by atoms with E-state index in [2.05, 4.69) is 9.88 Å². The fourth-order valence-electron chi connectivity index (χ4n) is 2.83. The largest absolute Gasteiger partial charge is 0.348 e. The van der Waals surface area contributed by atoms with Gasteiger partial charge in [-0.05, 0) is 31.5 Å². The second-order valence-corrected chi connectivity index (χ2v) is 5.81. The highest BCUT2D eigenvalue weighted by Gasteiger charge is 2.29. The van der Waals surface area contributed by atoms with E-state index in [-0.39, 0.29) is 11.9 Å². The number of rotatable bonds is 4. The summed E-state index contributed by atoms with van der Waals surface area (Å²) >= 11 is 0. The molecule has 1 fully saturated rings. The normalized spacial score (nSPS) is 18.5. The van der Waals surface area contributed by atoms with Gasteiger partial charge in [0, 0.05) is 26.5 Å². The number of pyridine rings is 1. The van der Waals surface area contributed by atoms with Crippen LogP contribution in [0.25, 0.3) is 5.82 Å². The number of aromatic nitrogens is 3. The van der Waals surface area contributed by atoms with Crippen molar-refractivity contribution >= 4 is 5.91 Å². The van der Waals surface area contributed by atoms with Crippen LogP contribution in [0.4, 0.5) is 0 Å². The van der Waals surface area contributed by atoms with Gasteiger partial charge in [-0.15, -0.1) is 0 Å². The van der Waals surface area contributed by atoms with Crippen LogP contribution in [-0.4, -0.2) is 57.4 Å². The van der Waals surface area contributed by atoms with E-state index >= 15 is 0 Å². The molecule has 6 nitrogen and oxygen atoms in total. The van der Waals surface area contributed by atoms with Crippen LogP contribution in [0.3, 0.4) is 0 Å². The Morgan fingerprint density at radius 2 is 2.27 bits per heavy atom. The molecule has 1 aliphatic rings. The topological polar surface area (TPSA) is 54.3 Å². The summed E-state index contributed by atoms with van der Waals surface area (Å²) in [5.74, 6) is 0.999. The lowest BCUT2D eigenvalue weighted by Gasteiger charge is -2.25. The lowest BCUT2D eigenvalue weighted by molar-refractivity contribution is -0.130. The van der Waals surface area contributed by atoms with Crippen LogP contribution in [0.15, 0.2) is 36.9 Å². The van der Waals surface area contributed by atoms with Crippen LogP contribution in [-0.2, 0) is 4.79 Å². The van der Waals surface area contributed by atoms with Gasteiger partial charge in [-0.25, -0.2) is 9.97 Å². The van der Waals surface area contributed by atoms with Crippen LogP contribution in [0, 0.1) is 0 Å². The summed E-state index contributed by atoms with van der Waals surface area (Å²) in [5.41, 5.74) is 1.02. The lowest BCUT2D eigenvalue weighted by Crippen LogP contribution is -2.36. The van der Waals surface area contributed by atoms with E-state index in [1.165, 1.54) is 0 Å². The molecule has 0 spiro atoms. The summed E-state index contributed by atoms with van der Waals surface area (Å²) in [4.78, 5) is 24.7. The first-order chi connectivity index (χ1) is 10.6. The molecule has 1 saturated heterocycles. The molecule has 2 aromatic rings. The Bertz CT molecular complexity index is 638. The molecular formula is C16H21N5O. The molecule has 3 heterocycles. The van der Waals surface area contributed by atoms with Crippen molar-refractivity contribution in [3.8, 4) is 5.82 Å². The summed E-state index contributed by atoms with van der Waals surface area (Å²) in [6.07, 6.45) is 7.51. The fraction of sp³-hybridized carbons (Fsp3) is 0.438. The third-order valence-electron chi connectivity index (χ3n) is 4.07. The third-order valence-corrected chi connectivity index (χ3v) is 4.07. The van der Waals surface area contributed by atoms with Crippen LogP contribution in [0.5, 0.6) is 0 Å². The molecule has 0 aromatic carbocycles. The van der Waals surface area contributed by atoms with Crippen molar-refractivity contribution in [2.45, 2.75) is 18.9 Å². The first-order valence-electron chi connectivity index (χ1n) is 7.54. The van der Waals surface area contributed by atoms with Crippen molar-refractivity contribution in [1.29, 1.82) is 0 Å². The first kappa shape index (κ1) is 14.7. The van der Waals surface area contributed by atoms with E-state index < -0.39 is 0 Å². The van der Waals surface area contributed by atoms with Gasteiger partial charge in [-0.2, -0.15) is 0 Å². The van der Waals surface area contributed by atoms with Gasteiger partial charge in [0.25, 0.3) is 0 Å². The standard InChI is InChI=1S/C16H21N5O/c1-19(2)16(22)11-20-9-4-6-14(20)13-5-3-7-15(18-13)21-10-8-17-12-21/h3,5,7-8,10,12,14H,4,6,9,11H2,1-2H3/t14-/m0/s1. The van der Waals surface area contributed by atoms with Crippen LogP contribution >= 0.6 is 0 Å². The fourth-order valence-corrected chi connectivity index (χ4v) is 2.83. The van der Waals surface area contributed by atoms with Gasteiger partial charge < -0.3 is 4.90 Å². The molecule has 6 heteroatoms. The molecule has 0 unspecified atom stereocenters. The second-order valence-electron chi connectivity index (χ2n) is 5.81. The summed E-state index contributed by atoms with van der Waals surface area (Å²) in [6, 6.07) is 6.24. The number of likely N-dealkylation sites (N-methyl/N-ethyl adjacent to an activating group) is 1. The molecule has 1 amide bonds. The van der Waals surface area contributed by atoms with Crippen molar-refractivity contribution in [2.75, 3.05) is 27.2 Å². The molecule has 0 radical (unpaired) electrons. The summed E-state index contributed by atoms with van der Waals surface area (Å²) in [7, 11) is 3.59. The van der Waals surface area contributed by atoms with Gasteiger partial charge in [0.2, 0.25) is 5.91 Å². The highest BCUT2D eigenvalue weighted by molar-refractivity contribution is 5.77. The maximum atomic E-state index is 12.0. The maximum absolute atomic E-state index is 12.0. The molecule has 116 valence electrons. The van der Waals surface area contributed by atoms with Gasteiger partial charge in [0.15, 0.2) is 0 Å². The molecule has 22 heavy (non-hydrogen) atoms. The van der Waals surface area contributed by atoms with E-state index in [1.807, 2.05) is 29.0 Å². The molecule has 0 aliphatic carbocycles. The van der Waals surface area contributed by atoms with Gasteiger partial charge >= 0.3 is 0 Å². The van der Waals surface area contributed by atoms with Gasteiger partial charge in [0.1, 0.15) is 12.1 Å². The first-order valence-corrected chi connectivity index (χ1v) is 7.54. The lowest BCUT2D eigenvalue weighted by atomic mass is 10.1. The Hall–Kier alpha value is -2.21. The predicted molar refractivity (Wildman–Crippen MR) is 83.6 cm³/mol. The highest BCUT2D eigenvalue weighted by Crippen LogP contribution is 2.30. The molecule has 1 atom stereocenters. The molecule has 0 N–H and O–H groups in total. The minimum absolute atomic E-state index is 0.137. The van der Waals surface area contributed by atoms with E-state index in [4.69, 9.17) is 4.98 Å². The molecule has 1 aliphatic heterocycles. The average molecular weight is 299 g/mol.